The van der Waals surface area contributed by atoms with Crippen LogP contribution in [0.5, 0.6) is 0 Å². The number of esters is 1. The van der Waals surface area contributed by atoms with Gasteiger partial charge in [-0.2, -0.15) is 0 Å². The van der Waals surface area contributed by atoms with Gasteiger partial charge in [-0.3, -0.25) is 14.9 Å². The number of ether oxygens (including phenoxy) is 1. The minimum Gasteiger partial charge on any atom is -0.466 e. The number of nitro groups is 1. The van der Waals surface area contributed by atoms with Crippen molar-refractivity contribution in [3.63, 3.8) is 0 Å². The Morgan fingerprint density at radius 2 is 2.17 bits per heavy atom. The van der Waals surface area contributed by atoms with Crippen LogP contribution in [0.3, 0.4) is 0 Å². The third kappa shape index (κ3) is 4.10. The molecule has 0 spiro atoms. The Hall–Kier alpha value is -1.43. The zero-order valence-electron chi connectivity index (χ0n) is 9.97. The van der Waals surface area contributed by atoms with Gasteiger partial charge in [-0.15, -0.1) is 0 Å². The SMILES string of the molecule is CCOC(=O)CCC(c1ccccc1Br)[N+](=O)[O-]. The Labute approximate surface area is 113 Å². The summed E-state index contributed by atoms with van der Waals surface area (Å²) in [6.07, 6.45) is 0.176. The smallest absolute Gasteiger partial charge is 0.306 e. The van der Waals surface area contributed by atoms with Crippen molar-refractivity contribution in [1.82, 2.24) is 0 Å². The van der Waals surface area contributed by atoms with Crippen LogP contribution in [0.4, 0.5) is 0 Å². The van der Waals surface area contributed by atoms with E-state index in [0.717, 1.165) is 0 Å². The van der Waals surface area contributed by atoms with Crippen molar-refractivity contribution < 1.29 is 14.5 Å². The predicted octanol–water partition coefficient (Wildman–Crippen LogP) is 3.11. The second kappa shape index (κ2) is 7.10. The molecule has 0 bridgehead atoms. The largest absolute Gasteiger partial charge is 0.466 e. The molecule has 0 N–H and O–H groups in total. The number of carbonyl (C=O) groups excluding carboxylic acids is 1. The molecular formula is C12H14BrNO4. The molecule has 0 heterocycles. The van der Waals surface area contributed by atoms with Gasteiger partial charge in [0.05, 0.1) is 13.0 Å². The highest BCUT2D eigenvalue weighted by atomic mass is 79.9. The average Bonchev–Trinajstić information content (AvgIpc) is 2.31. The molecule has 1 unspecified atom stereocenters. The van der Waals surface area contributed by atoms with Crippen LogP contribution in [0, 0.1) is 10.1 Å². The first-order valence-electron chi connectivity index (χ1n) is 5.59. The quantitative estimate of drug-likeness (QED) is 0.459. The van der Waals surface area contributed by atoms with E-state index in [9.17, 15) is 14.9 Å². The van der Waals surface area contributed by atoms with Crippen molar-refractivity contribution >= 4 is 21.9 Å². The first-order valence-corrected chi connectivity index (χ1v) is 6.39. The van der Waals surface area contributed by atoms with E-state index in [1.54, 1.807) is 31.2 Å². The van der Waals surface area contributed by atoms with Crippen LogP contribution >= 0.6 is 15.9 Å². The molecule has 1 atom stereocenters. The Bertz CT molecular complexity index is 436. The molecule has 0 aliphatic heterocycles. The minimum atomic E-state index is -0.898. The second-order valence-electron chi connectivity index (χ2n) is 3.67. The number of halogens is 1. The molecule has 0 aromatic heterocycles. The Balaban J connectivity index is 2.76. The Morgan fingerprint density at radius 1 is 1.50 bits per heavy atom. The summed E-state index contributed by atoms with van der Waals surface area (Å²) < 4.78 is 5.44. The molecule has 0 radical (unpaired) electrons. The molecule has 0 fully saturated rings. The molecule has 6 heteroatoms. The fourth-order valence-corrected chi connectivity index (χ4v) is 2.16. The number of carbonyl (C=O) groups is 1. The van der Waals surface area contributed by atoms with Gasteiger partial charge in [-0.25, -0.2) is 0 Å². The van der Waals surface area contributed by atoms with E-state index in [-0.39, 0.29) is 24.4 Å². The van der Waals surface area contributed by atoms with Gasteiger partial charge in [-0.05, 0) is 13.0 Å². The van der Waals surface area contributed by atoms with Crippen molar-refractivity contribution in [2.24, 2.45) is 0 Å². The number of hydrogen-bond donors (Lipinski definition) is 0. The van der Waals surface area contributed by atoms with Crippen molar-refractivity contribution in [3.8, 4) is 0 Å². The fourth-order valence-electron chi connectivity index (χ4n) is 1.61. The summed E-state index contributed by atoms with van der Waals surface area (Å²) in [5.74, 6) is -0.406. The Kier molecular flexibility index (Phi) is 5.77. The molecule has 1 aromatic rings. The lowest BCUT2D eigenvalue weighted by atomic mass is 10.0. The van der Waals surface area contributed by atoms with Crippen molar-refractivity contribution in [1.29, 1.82) is 0 Å². The number of hydrogen-bond acceptors (Lipinski definition) is 4. The normalized spacial score (nSPS) is 11.9. The molecule has 0 aliphatic rings. The van der Waals surface area contributed by atoms with Gasteiger partial charge >= 0.3 is 5.97 Å². The van der Waals surface area contributed by atoms with Crippen molar-refractivity contribution in [3.05, 3.63) is 44.4 Å². The maximum absolute atomic E-state index is 11.2. The van der Waals surface area contributed by atoms with Crippen molar-refractivity contribution in [2.45, 2.75) is 25.8 Å². The fraction of sp³-hybridized carbons (Fsp3) is 0.417. The predicted molar refractivity (Wildman–Crippen MR) is 69.7 cm³/mol. The van der Waals surface area contributed by atoms with Gasteiger partial charge in [0.25, 0.3) is 0 Å². The van der Waals surface area contributed by atoms with E-state index >= 15 is 0 Å². The summed E-state index contributed by atoms with van der Waals surface area (Å²) >= 11 is 3.28. The Morgan fingerprint density at radius 3 is 2.72 bits per heavy atom. The highest BCUT2D eigenvalue weighted by Crippen LogP contribution is 2.28. The molecule has 0 saturated carbocycles. The standard InChI is InChI=1S/C12H14BrNO4/c1-2-18-12(15)8-7-11(14(16)17)9-5-3-4-6-10(9)13/h3-6,11H,2,7-8H2,1H3. The lowest BCUT2D eigenvalue weighted by Gasteiger charge is -2.11. The zero-order valence-corrected chi connectivity index (χ0v) is 11.6. The molecule has 98 valence electrons. The number of benzene rings is 1. The molecule has 0 amide bonds. The van der Waals surface area contributed by atoms with Crippen LogP contribution in [0.2, 0.25) is 0 Å². The molecule has 18 heavy (non-hydrogen) atoms. The lowest BCUT2D eigenvalue weighted by molar-refractivity contribution is -0.530. The van der Waals surface area contributed by atoms with E-state index in [0.29, 0.717) is 10.0 Å². The van der Waals surface area contributed by atoms with Crippen LogP contribution in [0.25, 0.3) is 0 Å². The number of rotatable bonds is 6. The molecule has 0 aliphatic carbocycles. The highest BCUT2D eigenvalue weighted by Gasteiger charge is 2.25. The lowest BCUT2D eigenvalue weighted by Crippen LogP contribution is -2.14. The van der Waals surface area contributed by atoms with Gasteiger partial charge in [0.15, 0.2) is 0 Å². The van der Waals surface area contributed by atoms with E-state index in [1.807, 2.05) is 0 Å². The maximum atomic E-state index is 11.2. The maximum Gasteiger partial charge on any atom is 0.306 e. The van der Waals surface area contributed by atoms with Gasteiger partial charge in [-0.1, -0.05) is 34.1 Å². The van der Waals surface area contributed by atoms with Crippen molar-refractivity contribution in [2.75, 3.05) is 6.61 Å². The van der Waals surface area contributed by atoms with Gasteiger partial charge in [0.2, 0.25) is 6.04 Å². The van der Waals surface area contributed by atoms with Gasteiger partial charge in [0.1, 0.15) is 0 Å². The minimum absolute atomic E-state index is 0.0425. The van der Waals surface area contributed by atoms with E-state index in [1.165, 1.54) is 0 Å². The van der Waals surface area contributed by atoms with E-state index < -0.39 is 12.0 Å². The first kappa shape index (κ1) is 14.6. The molecular weight excluding hydrogens is 302 g/mol. The molecule has 1 rings (SSSR count). The molecule has 5 nitrogen and oxygen atoms in total. The summed E-state index contributed by atoms with van der Waals surface area (Å²) in [6, 6.07) is 6.06. The summed E-state index contributed by atoms with van der Waals surface area (Å²) in [4.78, 5) is 21.9. The van der Waals surface area contributed by atoms with E-state index in [4.69, 9.17) is 4.74 Å². The van der Waals surface area contributed by atoms with Crippen LogP contribution in [-0.4, -0.2) is 17.5 Å². The average molecular weight is 316 g/mol. The third-order valence-electron chi connectivity index (χ3n) is 2.45. The van der Waals surface area contributed by atoms with Crippen LogP contribution < -0.4 is 0 Å². The van der Waals surface area contributed by atoms with Gasteiger partial charge in [0, 0.05) is 21.4 Å². The number of nitrogens with zero attached hydrogens (tertiary/aromatic N) is 1. The topological polar surface area (TPSA) is 69.4 Å². The second-order valence-corrected chi connectivity index (χ2v) is 4.52. The third-order valence-corrected chi connectivity index (χ3v) is 3.17. The zero-order chi connectivity index (χ0) is 13.5. The van der Waals surface area contributed by atoms with Crippen LogP contribution in [0.15, 0.2) is 28.7 Å². The highest BCUT2D eigenvalue weighted by molar-refractivity contribution is 9.10. The summed E-state index contributed by atoms with van der Waals surface area (Å²) in [5, 5.41) is 11.1. The van der Waals surface area contributed by atoms with Crippen LogP contribution in [0.1, 0.15) is 31.4 Å². The molecule has 0 saturated heterocycles. The summed E-state index contributed by atoms with van der Waals surface area (Å²) in [6.45, 7) is 1.99. The molecule has 1 aromatic carbocycles. The van der Waals surface area contributed by atoms with E-state index in [2.05, 4.69) is 15.9 Å². The summed E-state index contributed by atoms with van der Waals surface area (Å²) in [7, 11) is 0. The first-order chi connectivity index (χ1) is 8.56. The monoisotopic (exact) mass is 315 g/mol. The summed E-state index contributed by atoms with van der Waals surface area (Å²) in [5.41, 5.74) is 0.576. The van der Waals surface area contributed by atoms with Crippen LogP contribution in [-0.2, 0) is 9.53 Å². The van der Waals surface area contributed by atoms with Gasteiger partial charge < -0.3 is 4.74 Å².